The van der Waals surface area contributed by atoms with Crippen molar-refractivity contribution in [3.8, 4) is 56.3 Å². The van der Waals surface area contributed by atoms with Gasteiger partial charge in [0.1, 0.15) is 0 Å². The van der Waals surface area contributed by atoms with Crippen LogP contribution in [0.4, 0.5) is 0 Å². The van der Waals surface area contributed by atoms with Gasteiger partial charge < -0.3 is 0 Å². The maximum Gasteiger partial charge on any atom is 0.160 e. The van der Waals surface area contributed by atoms with Gasteiger partial charge >= 0.3 is 0 Å². The molecule has 0 saturated carbocycles. The molecule has 0 aliphatic heterocycles. The van der Waals surface area contributed by atoms with E-state index in [0.29, 0.717) is 5.82 Å². The van der Waals surface area contributed by atoms with Crippen LogP contribution in [0.3, 0.4) is 0 Å². The number of aromatic nitrogens is 3. The number of benzene rings is 7. The zero-order valence-electron chi connectivity index (χ0n) is 26.1. The van der Waals surface area contributed by atoms with Crippen LogP contribution in [0.15, 0.2) is 176 Å². The van der Waals surface area contributed by atoms with E-state index in [-0.39, 0.29) is 0 Å². The molecule has 3 nitrogen and oxygen atoms in total. The zero-order valence-corrected chi connectivity index (χ0v) is 26.1. The molecular formula is C45H29N3. The average Bonchev–Trinajstić information content (AvgIpc) is 3.18. The van der Waals surface area contributed by atoms with Gasteiger partial charge in [-0.25, -0.2) is 15.0 Å². The van der Waals surface area contributed by atoms with Crippen LogP contribution < -0.4 is 0 Å². The Morgan fingerprint density at radius 2 is 0.833 bits per heavy atom. The molecule has 0 aliphatic carbocycles. The van der Waals surface area contributed by atoms with Crippen LogP contribution in [0.5, 0.6) is 0 Å². The van der Waals surface area contributed by atoms with Crippen molar-refractivity contribution < 1.29 is 0 Å². The second-order valence-electron chi connectivity index (χ2n) is 12.0. The Hall–Kier alpha value is -6.45. The van der Waals surface area contributed by atoms with E-state index >= 15 is 0 Å². The lowest BCUT2D eigenvalue weighted by Gasteiger charge is -2.13. The lowest BCUT2D eigenvalue weighted by atomic mass is 9.94. The number of hydrogen-bond donors (Lipinski definition) is 0. The highest BCUT2D eigenvalue weighted by Crippen LogP contribution is 2.37. The summed E-state index contributed by atoms with van der Waals surface area (Å²) < 4.78 is 0. The molecule has 9 rings (SSSR count). The van der Waals surface area contributed by atoms with E-state index in [1.165, 1.54) is 21.5 Å². The molecule has 48 heavy (non-hydrogen) atoms. The minimum atomic E-state index is 0.707. The fraction of sp³-hybridized carbons (Fsp3) is 0. The highest BCUT2D eigenvalue weighted by molar-refractivity contribution is 6.22. The van der Waals surface area contributed by atoms with Crippen molar-refractivity contribution in [1.29, 1.82) is 0 Å². The Bertz CT molecular complexity index is 2500. The molecule has 0 atom stereocenters. The van der Waals surface area contributed by atoms with Crippen molar-refractivity contribution in [2.75, 3.05) is 0 Å². The predicted molar refractivity (Wildman–Crippen MR) is 200 cm³/mol. The molecule has 0 amide bonds. The molecular weight excluding hydrogens is 583 g/mol. The molecule has 0 aliphatic rings. The zero-order chi connectivity index (χ0) is 31.9. The average molecular weight is 612 g/mol. The van der Waals surface area contributed by atoms with Crippen LogP contribution in [0.1, 0.15) is 0 Å². The first-order valence-corrected chi connectivity index (χ1v) is 16.2. The molecule has 0 saturated heterocycles. The molecule has 0 unspecified atom stereocenters. The molecule has 0 spiro atoms. The van der Waals surface area contributed by atoms with E-state index in [1.54, 1.807) is 0 Å². The topological polar surface area (TPSA) is 38.7 Å². The maximum absolute atomic E-state index is 5.17. The van der Waals surface area contributed by atoms with Gasteiger partial charge in [-0.15, -0.1) is 0 Å². The SMILES string of the molecule is c1ccc(-c2cc(-c3ccccc3)nc(-c3ccc(-c4ccc(-c5nc6ccccc6c6c5ccc5ccccc56)cc4)cc3)n2)cc1. The number of pyridine rings is 1. The van der Waals surface area contributed by atoms with Gasteiger partial charge in [0, 0.05) is 38.4 Å². The highest BCUT2D eigenvalue weighted by atomic mass is 14.9. The summed E-state index contributed by atoms with van der Waals surface area (Å²) in [5.74, 6) is 0.707. The summed E-state index contributed by atoms with van der Waals surface area (Å²) in [6.07, 6.45) is 0. The first-order chi connectivity index (χ1) is 23.8. The van der Waals surface area contributed by atoms with Gasteiger partial charge in [-0.2, -0.15) is 0 Å². The second-order valence-corrected chi connectivity index (χ2v) is 12.0. The number of fused-ring (bicyclic) bond motifs is 5. The fourth-order valence-electron chi connectivity index (χ4n) is 6.66. The van der Waals surface area contributed by atoms with E-state index < -0.39 is 0 Å². The van der Waals surface area contributed by atoms with Crippen molar-refractivity contribution in [1.82, 2.24) is 15.0 Å². The number of hydrogen-bond acceptors (Lipinski definition) is 3. The van der Waals surface area contributed by atoms with E-state index in [2.05, 4.69) is 140 Å². The summed E-state index contributed by atoms with van der Waals surface area (Å²) in [6, 6.07) is 61.4. The van der Waals surface area contributed by atoms with Gasteiger partial charge in [0.2, 0.25) is 0 Å². The van der Waals surface area contributed by atoms with E-state index in [4.69, 9.17) is 15.0 Å². The van der Waals surface area contributed by atoms with E-state index in [1.807, 2.05) is 36.4 Å². The van der Waals surface area contributed by atoms with Gasteiger partial charge in [-0.05, 0) is 34.0 Å². The van der Waals surface area contributed by atoms with Gasteiger partial charge in [0.05, 0.1) is 22.6 Å². The van der Waals surface area contributed by atoms with Crippen LogP contribution in [0.25, 0.3) is 88.7 Å². The lowest BCUT2D eigenvalue weighted by molar-refractivity contribution is 1.18. The third kappa shape index (κ3) is 4.99. The molecule has 0 radical (unpaired) electrons. The van der Waals surface area contributed by atoms with Crippen LogP contribution in [-0.4, -0.2) is 15.0 Å². The number of nitrogens with zero attached hydrogens (tertiary/aromatic N) is 3. The highest BCUT2D eigenvalue weighted by Gasteiger charge is 2.14. The maximum atomic E-state index is 5.17. The van der Waals surface area contributed by atoms with Crippen molar-refractivity contribution in [3.05, 3.63) is 176 Å². The summed E-state index contributed by atoms with van der Waals surface area (Å²) in [4.78, 5) is 15.2. The smallest absolute Gasteiger partial charge is 0.160 e. The van der Waals surface area contributed by atoms with Gasteiger partial charge in [-0.3, -0.25) is 0 Å². The predicted octanol–water partition coefficient (Wildman–Crippen LogP) is 11.7. The van der Waals surface area contributed by atoms with Crippen molar-refractivity contribution in [3.63, 3.8) is 0 Å². The standard InChI is InChI=1S/C45H29N3/c1-3-12-33(13-4-1)41-29-42(34-14-5-2-6-15-34)48-45(47-41)36-25-21-31(22-26-36)30-19-23-35(24-20-30)44-39-28-27-32-11-7-8-16-37(32)43(39)38-17-9-10-18-40(38)46-44/h1-29H. The Labute approximate surface area is 278 Å². The Kier molecular flexibility index (Phi) is 6.80. The first-order valence-electron chi connectivity index (χ1n) is 16.2. The van der Waals surface area contributed by atoms with Crippen molar-refractivity contribution in [2.45, 2.75) is 0 Å². The monoisotopic (exact) mass is 611 g/mol. The normalized spacial score (nSPS) is 11.3. The largest absolute Gasteiger partial charge is 0.247 e. The van der Waals surface area contributed by atoms with Crippen LogP contribution in [-0.2, 0) is 0 Å². The third-order valence-electron chi connectivity index (χ3n) is 9.09. The fourth-order valence-corrected chi connectivity index (χ4v) is 6.66. The quantitative estimate of drug-likeness (QED) is 0.182. The summed E-state index contributed by atoms with van der Waals surface area (Å²) in [5.41, 5.74) is 10.3. The van der Waals surface area contributed by atoms with Gasteiger partial charge in [0.25, 0.3) is 0 Å². The van der Waals surface area contributed by atoms with Crippen molar-refractivity contribution in [2.24, 2.45) is 0 Å². The first kappa shape index (κ1) is 27.8. The molecule has 2 heterocycles. The molecule has 9 aromatic rings. The Balaban J connectivity index is 1.08. The van der Waals surface area contributed by atoms with Crippen LogP contribution in [0, 0.1) is 0 Å². The molecule has 0 N–H and O–H groups in total. The second kappa shape index (κ2) is 11.7. The van der Waals surface area contributed by atoms with Gasteiger partial charge in [-0.1, -0.05) is 164 Å². The van der Waals surface area contributed by atoms with Crippen LogP contribution >= 0.6 is 0 Å². The minimum absolute atomic E-state index is 0.707. The molecule has 7 aromatic carbocycles. The summed E-state index contributed by atoms with van der Waals surface area (Å²) >= 11 is 0. The Morgan fingerprint density at radius 3 is 1.48 bits per heavy atom. The summed E-state index contributed by atoms with van der Waals surface area (Å²) in [5, 5.41) is 6.08. The minimum Gasteiger partial charge on any atom is -0.247 e. The molecule has 3 heteroatoms. The van der Waals surface area contributed by atoms with Crippen molar-refractivity contribution >= 4 is 32.4 Å². The summed E-state index contributed by atoms with van der Waals surface area (Å²) in [7, 11) is 0. The molecule has 0 fully saturated rings. The molecule has 224 valence electrons. The lowest BCUT2D eigenvalue weighted by Crippen LogP contribution is -1.95. The summed E-state index contributed by atoms with van der Waals surface area (Å²) in [6.45, 7) is 0. The molecule has 0 bridgehead atoms. The van der Waals surface area contributed by atoms with E-state index in [0.717, 1.165) is 61.4 Å². The van der Waals surface area contributed by atoms with Crippen LogP contribution in [0.2, 0.25) is 0 Å². The van der Waals surface area contributed by atoms with E-state index in [9.17, 15) is 0 Å². The third-order valence-corrected chi connectivity index (χ3v) is 9.09. The number of rotatable bonds is 5. The number of para-hydroxylation sites is 1. The van der Waals surface area contributed by atoms with Gasteiger partial charge in [0.15, 0.2) is 5.82 Å². The molecule has 2 aromatic heterocycles. The Morgan fingerprint density at radius 1 is 0.312 bits per heavy atom.